The van der Waals surface area contributed by atoms with Crippen LogP contribution in [0.5, 0.6) is 11.5 Å². The number of nitrogens with zero attached hydrogens (tertiary/aromatic N) is 3. The summed E-state index contributed by atoms with van der Waals surface area (Å²) in [5.74, 6) is 1.45. The Kier molecular flexibility index (Phi) is 5.33. The first-order chi connectivity index (χ1) is 15.2. The minimum Gasteiger partial charge on any atom is -0.507 e. The number of aliphatic hydroxyl groups is 1. The number of nitrogens with one attached hydrogen (secondary N) is 1. The number of methoxy groups -OCH3 is 1. The van der Waals surface area contributed by atoms with E-state index in [9.17, 15) is 10.2 Å². The normalized spacial score (nSPS) is 20.5. The van der Waals surface area contributed by atoms with Crippen molar-refractivity contribution in [3.63, 3.8) is 0 Å². The fourth-order valence-electron chi connectivity index (χ4n) is 4.65. The molecule has 1 fully saturated rings. The molecule has 3 N–H and O–H groups in total. The Balaban J connectivity index is 1.64. The Morgan fingerprint density at radius 1 is 1.23 bits per heavy atom. The highest BCUT2D eigenvalue weighted by molar-refractivity contribution is 6.01. The number of benzene rings is 1. The SMILES string of the molecule is COCc1cc2c(c(O)c1-c1nnc(N[C@@H]3CCCC[C@H]3O)c3cnccc13)CCO2. The van der Waals surface area contributed by atoms with Crippen molar-refractivity contribution >= 4 is 16.6 Å². The van der Waals surface area contributed by atoms with Crippen LogP contribution in [0.3, 0.4) is 0 Å². The van der Waals surface area contributed by atoms with Crippen molar-refractivity contribution in [2.75, 3.05) is 19.0 Å². The molecule has 0 amide bonds. The quantitative estimate of drug-likeness (QED) is 0.575. The van der Waals surface area contributed by atoms with E-state index in [1.165, 1.54) is 0 Å². The zero-order chi connectivity index (χ0) is 21.4. The van der Waals surface area contributed by atoms with Gasteiger partial charge in [0, 0.05) is 42.3 Å². The second-order valence-corrected chi connectivity index (χ2v) is 8.19. The molecule has 0 bridgehead atoms. The van der Waals surface area contributed by atoms with Crippen molar-refractivity contribution < 1.29 is 19.7 Å². The molecule has 31 heavy (non-hydrogen) atoms. The van der Waals surface area contributed by atoms with E-state index < -0.39 is 6.10 Å². The molecule has 0 saturated heterocycles. The van der Waals surface area contributed by atoms with E-state index in [1.54, 1.807) is 19.5 Å². The molecule has 2 atom stereocenters. The number of anilines is 1. The van der Waals surface area contributed by atoms with Gasteiger partial charge in [-0.15, -0.1) is 10.2 Å². The Morgan fingerprint density at radius 2 is 2.10 bits per heavy atom. The van der Waals surface area contributed by atoms with Crippen LogP contribution in [-0.2, 0) is 17.8 Å². The summed E-state index contributed by atoms with van der Waals surface area (Å²) < 4.78 is 11.0. The van der Waals surface area contributed by atoms with Crippen LogP contribution in [0.4, 0.5) is 5.82 Å². The molecule has 8 heteroatoms. The van der Waals surface area contributed by atoms with Gasteiger partial charge in [-0.3, -0.25) is 4.98 Å². The first kappa shape index (κ1) is 20.0. The Morgan fingerprint density at radius 3 is 2.94 bits per heavy atom. The third-order valence-corrected chi connectivity index (χ3v) is 6.23. The molecule has 162 valence electrons. The van der Waals surface area contributed by atoms with Gasteiger partial charge in [0.2, 0.25) is 0 Å². The summed E-state index contributed by atoms with van der Waals surface area (Å²) in [5.41, 5.74) is 2.76. The molecule has 0 radical (unpaired) electrons. The number of hydrogen-bond acceptors (Lipinski definition) is 8. The zero-order valence-electron chi connectivity index (χ0n) is 17.5. The lowest BCUT2D eigenvalue weighted by Gasteiger charge is -2.29. The predicted molar refractivity (Wildman–Crippen MR) is 116 cm³/mol. The van der Waals surface area contributed by atoms with E-state index in [-0.39, 0.29) is 11.8 Å². The minimum atomic E-state index is -0.406. The fourth-order valence-corrected chi connectivity index (χ4v) is 4.65. The smallest absolute Gasteiger partial charge is 0.158 e. The number of rotatable bonds is 5. The van der Waals surface area contributed by atoms with E-state index in [0.717, 1.165) is 47.6 Å². The number of aromatic nitrogens is 3. The Hall–Kier alpha value is -2.97. The van der Waals surface area contributed by atoms with E-state index in [4.69, 9.17) is 9.47 Å². The molecule has 0 spiro atoms. The third-order valence-electron chi connectivity index (χ3n) is 6.23. The van der Waals surface area contributed by atoms with Gasteiger partial charge in [-0.25, -0.2) is 0 Å². The number of aliphatic hydroxyl groups excluding tert-OH is 1. The summed E-state index contributed by atoms with van der Waals surface area (Å²) in [7, 11) is 1.62. The van der Waals surface area contributed by atoms with Gasteiger partial charge in [0.05, 0.1) is 30.9 Å². The summed E-state index contributed by atoms with van der Waals surface area (Å²) in [6.07, 6.45) is 7.47. The van der Waals surface area contributed by atoms with E-state index >= 15 is 0 Å². The Labute approximate surface area is 180 Å². The summed E-state index contributed by atoms with van der Waals surface area (Å²) in [6.45, 7) is 0.851. The van der Waals surface area contributed by atoms with E-state index in [0.29, 0.717) is 42.5 Å². The molecule has 3 heterocycles. The zero-order valence-corrected chi connectivity index (χ0v) is 17.5. The number of pyridine rings is 1. The van der Waals surface area contributed by atoms with Crippen molar-refractivity contribution in [3.05, 3.63) is 35.7 Å². The predicted octanol–water partition coefficient (Wildman–Crippen LogP) is 3.19. The summed E-state index contributed by atoms with van der Waals surface area (Å²) in [5, 5.41) is 35.5. The lowest BCUT2D eigenvalue weighted by atomic mass is 9.92. The average molecular weight is 422 g/mol. The second kappa shape index (κ2) is 8.28. The van der Waals surface area contributed by atoms with Crippen LogP contribution in [0.2, 0.25) is 0 Å². The van der Waals surface area contributed by atoms with Crippen LogP contribution in [0.1, 0.15) is 36.8 Å². The van der Waals surface area contributed by atoms with E-state index in [2.05, 4.69) is 20.5 Å². The molecule has 2 aromatic heterocycles. The lowest BCUT2D eigenvalue weighted by molar-refractivity contribution is 0.116. The van der Waals surface area contributed by atoms with Crippen molar-refractivity contribution in [2.45, 2.75) is 50.9 Å². The second-order valence-electron chi connectivity index (χ2n) is 8.19. The summed E-state index contributed by atoms with van der Waals surface area (Å²) in [6, 6.07) is 3.73. The highest BCUT2D eigenvalue weighted by atomic mass is 16.5. The maximum atomic E-state index is 11.1. The van der Waals surface area contributed by atoms with Gasteiger partial charge in [-0.05, 0) is 30.5 Å². The number of phenols is 1. The fraction of sp³-hybridized carbons (Fsp3) is 0.435. The molecule has 5 rings (SSSR count). The molecule has 1 saturated carbocycles. The molecule has 3 aromatic rings. The highest BCUT2D eigenvalue weighted by Crippen LogP contribution is 2.45. The number of ether oxygens (including phenoxy) is 2. The minimum absolute atomic E-state index is 0.0631. The monoisotopic (exact) mass is 422 g/mol. The molecule has 8 nitrogen and oxygen atoms in total. The molecular formula is C23H26N4O4. The largest absolute Gasteiger partial charge is 0.507 e. The van der Waals surface area contributed by atoms with Crippen LogP contribution in [0.25, 0.3) is 22.0 Å². The number of aromatic hydroxyl groups is 1. The summed E-state index contributed by atoms with van der Waals surface area (Å²) >= 11 is 0. The van der Waals surface area contributed by atoms with Crippen LogP contribution in [-0.4, -0.2) is 51.3 Å². The standard InChI is InChI=1S/C23H26N4O4/c1-30-12-13-10-19-15(7-9-31-19)22(29)20(13)21-14-6-8-24-11-16(14)23(27-26-21)25-17-4-2-3-5-18(17)28/h6,8,10-11,17-18,28-29H,2-5,7,9,12H2,1H3,(H,25,27)/t17-,18-/m1/s1. The molecule has 1 aliphatic heterocycles. The van der Waals surface area contributed by atoms with Crippen LogP contribution in [0.15, 0.2) is 24.5 Å². The number of phenolic OH excluding ortho intramolecular Hbond substituents is 1. The van der Waals surface area contributed by atoms with Crippen molar-refractivity contribution in [1.82, 2.24) is 15.2 Å². The van der Waals surface area contributed by atoms with Crippen molar-refractivity contribution in [1.29, 1.82) is 0 Å². The van der Waals surface area contributed by atoms with Crippen LogP contribution >= 0.6 is 0 Å². The lowest BCUT2D eigenvalue weighted by Crippen LogP contribution is -2.36. The van der Waals surface area contributed by atoms with Gasteiger partial charge >= 0.3 is 0 Å². The number of hydrogen-bond donors (Lipinski definition) is 3. The third kappa shape index (κ3) is 3.55. The van der Waals surface area contributed by atoms with Gasteiger partial charge in [0.25, 0.3) is 0 Å². The molecule has 0 unspecified atom stereocenters. The number of fused-ring (bicyclic) bond motifs is 2. The summed E-state index contributed by atoms with van der Waals surface area (Å²) in [4.78, 5) is 4.28. The van der Waals surface area contributed by atoms with Gasteiger partial charge < -0.3 is 25.0 Å². The average Bonchev–Trinajstić information content (AvgIpc) is 3.26. The van der Waals surface area contributed by atoms with Crippen molar-refractivity contribution in [2.24, 2.45) is 0 Å². The van der Waals surface area contributed by atoms with Crippen LogP contribution < -0.4 is 10.1 Å². The van der Waals surface area contributed by atoms with E-state index in [1.807, 2.05) is 12.1 Å². The van der Waals surface area contributed by atoms with Crippen LogP contribution in [0, 0.1) is 0 Å². The van der Waals surface area contributed by atoms with Gasteiger partial charge in [-0.1, -0.05) is 12.8 Å². The molecular weight excluding hydrogens is 396 g/mol. The molecule has 2 aliphatic rings. The van der Waals surface area contributed by atoms with Gasteiger partial charge in [0.1, 0.15) is 17.2 Å². The Bertz CT molecular complexity index is 1120. The first-order valence-electron chi connectivity index (χ1n) is 10.7. The maximum absolute atomic E-state index is 11.1. The first-order valence-corrected chi connectivity index (χ1v) is 10.7. The molecule has 1 aliphatic carbocycles. The van der Waals surface area contributed by atoms with Gasteiger partial charge in [-0.2, -0.15) is 0 Å². The molecule has 1 aromatic carbocycles. The maximum Gasteiger partial charge on any atom is 0.158 e. The highest BCUT2D eigenvalue weighted by Gasteiger charge is 2.27. The van der Waals surface area contributed by atoms with Crippen molar-refractivity contribution in [3.8, 4) is 22.8 Å². The van der Waals surface area contributed by atoms with Gasteiger partial charge in [0.15, 0.2) is 5.82 Å². The topological polar surface area (TPSA) is 110 Å².